The summed E-state index contributed by atoms with van der Waals surface area (Å²) in [5, 5.41) is 2.86. The quantitative estimate of drug-likeness (QED) is 0.659. The van der Waals surface area contributed by atoms with Crippen LogP contribution in [0.3, 0.4) is 0 Å². The molecule has 1 atom stereocenters. The maximum atomic E-state index is 12.2. The molecule has 7 heteroatoms. The highest BCUT2D eigenvalue weighted by Gasteiger charge is 2.30. The van der Waals surface area contributed by atoms with Gasteiger partial charge in [0.1, 0.15) is 19.0 Å². The molecule has 7 nitrogen and oxygen atoms in total. The normalized spacial score (nSPS) is 17.9. The van der Waals surface area contributed by atoms with E-state index in [1.165, 1.54) is 5.69 Å². The summed E-state index contributed by atoms with van der Waals surface area (Å²) in [5.41, 5.74) is 2.38. The fourth-order valence-electron chi connectivity index (χ4n) is 4.32. The third kappa shape index (κ3) is 3.93. The molecular weight excluding hydrogens is 394 g/mol. The van der Waals surface area contributed by atoms with Crippen molar-refractivity contribution in [3.8, 4) is 11.5 Å². The second kappa shape index (κ2) is 8.51. The van der Waals surface area contributed by atoms with E-state index >= 15 is 0 Å². The lowest BCUT2D eigenvalue weighted by Crippen LogP contribution is -2.37. The molecule has 1 N–H and O–H groups in total. The number of rotatable bonds is 6. The molecular formula is C24H27N3O4. The molecule has 4 heterocycles. The highest BCUT2D eigenvalue weighted by molar-refractivity contribution is 5.91. The molecule has 0 saturated heterocycles. The van der Waals surface area contributed by atoms with Gasteiger partial charge in [-0.1, -0.05) is 13.0 Å². The number of furan rings is 1. The molecule has 1 amide bonds. The highest BCUT2D eigenvalue weighted by Crippen LogP contribution is 2.38. The monoisotopic (exact) mass is 421 g/mol. The van der Waals surface area contributed by atoms with Crippen LogP contribution in [0.25, 0.3) is 0 Å². The number of carbonyl (C=O) groups excluding carboxylic acids is 1. The van der Waals surface area contributed by atoms with Gasteiger partial charge < -0.3 is 23.8 Å². The van der Waals surface area contributed by atoms with Crippen LogP contribution in [-0.4, -0.2) is 41.7 Å². The van der Waals surface area contributed by atoms with E-state index < -0.39 is 0 Å². The summed E-state index contributed by atoms with van der Waals surface area (Å²) in [6.45, 7) is 6.22. The van der Waals surface area contributed by atoms with Gasteiger partial charge in [-0.15, -0.1) is 0 Å². The largest absolute Gasteiger partial charge is 0.486 e. The minimum atomic E-state index is -0.163. The number of benzene rings is 1. The Hall–Kier alpha value is -3.19. The summed E-state index contributed by atoms with van der Waals surface area (Å²) in [6, 6.07) is 14.2. The lowest BCUT2D eigenvalue weighted by atomic mass is 9.99. The Kier molecular flexibility index (Phi) is 5.42. The van der Waals surface area contributed by atoms with Gasteiger partial charge in [0.25, 0.3) is 5.91 Å². The van der Waals surface area contributed by atoms with Crippen molar-refractivity contribution in [3.63, 3.8) is 0 Å². The third-order valence-electron chi connectivity index (χ3n) is 5.80. The van der Waals surface area contributed by atoms with Crippen molar-refractivity contribution in [2.75, 3.05) is 26.3 Å². The molecule has 0 radical (unpaired) electrons. The van der Waals surface area contributed by atoms with Gasteiger partial charge in [0.15, 0.2) is 17.3 Å². The molecule has 0 fully saturated rings. The summed E-state index contributed by atoms with van der Waals surface area (Å²) < 4.78 is 19.7. The molecule has 3 aromatic rings. The predicted molar refractivity (Wildman–Crippen MR) is 115 cm³/mol. The van der Waals surface area contributed by atoms with E-state index in [1.54, 1.807) is 6.07 Å². The molecule has 2 aliphatic heterocycles. The number of hydrogen-bond acceptors (Lipinski definition) is 5. The molecule has 1 aromatic carbocycles. The molecule has 31 heavy (non-hydrogen) atoms. The zero-order valence-electron chi connectivity index (χ0n) is 17.7. The zero-order chi connectivity index (χ0) is 21.2. The number of amides is 1. The van der Waals surface area contributed by atoms with Crippen LogP contribution in [-0.2, 0) is 13.1 Å². The topological polar surface area (TPSA) is 68.9 Å². The maximum Gasteiger partial charge on any atom is 0.286 e. The standard InChI is InChI=1S/C24H27N3O4/c1-2-9-25-24(28)21-8-6-18(31-21)16-27-12-11-26-10-3-4-19(26)23(27)17-5-7-20-22(15-17)30-14-13-29-20/h3-8,10,15,23H,2,9,11-14,16H2,1H3,(H,25,28). The van der Waals surface area contributed by atoms with Crippen LogP contribution in [0.5, 0.6) is 11.5 Å². The molecule has 162 valence electrons. The van der Waals surface area contributed by atoms with Crippen LogP contribution in [0.1, 0.15) is 47.0 Å². The van der Waals surface area contributed by atoms with Crippen LogP contribution in [0.15, 0.2) is 53.1 Å². The molecule has 2 aromatic heterocycles. The summed E-state index contributed by atoms with van der Waals surface area (Å²) in [4.78, 5) is 14.6. The molecule has 2 aliphatic rings. The van der Waals surface area contributed by atoms with Gasteiger partial charge in [0.2, 0.25) is 0 Å². The predicted octanol–water partition coefficient (Wildman–Crippen LogP) is 3.60. The molecule has 0 aliphatic carbocycles. The number of nitrogens with zero attached hydrogens (tertiary/aromatic N) is 2. The second-order valence-corrected chi connectivity index (χ2v) is 7.92. The Morgan fingerprint density at radius 2 is 1.97 bits per heavy atom. The van der Waals surface area contributed by atoms with Gasteiger partial charge in [0.05, 0.1) is 12.6 Å². The van der Waals surface area contributed by atoms with Crippen molar-refractivity contribution >= 4 is 5.91 Å². The Labute approximate surface area is 181 Å². The lowest BCUT2D eigenvalue weighted by Gasteiger charge is -2.37. The van der Waals surface area contributed by atoms with Crippen molar-refractivity contribution in [1.82, 2.24) is 14.8 Å². The fraction of sp³-hybridized carbons (Fsp3) is 0.375. The van der Waals surface area contributed by atoms with Crippen molar-refractivity contribution in [1.29, 1.82) is 0 Å². The first kappa shape index (κ1) is 19.8. The van der Waals surface area contributed by atoms with E-state index in [9.17, 15) is 4.79 Å². The number of carbonyl (C=O) groups is 1. The zero-order valence-corrected chi connectivity index (χ0v) is 17.7. The molecule has 0 saturated carbocycles. The molecule has 1 unspecified atom stereocenters. The van der Waals surface area contributed by atoms with E-state index in [-0.39, 0.29) is 11.9 Å². The fourth-order valence-corrected chi connectivity index (χ4v) is 4.32. The summed E-state index contributed by atoms with van der Waals surface area (Å²) in [6.07, 6.45) is 3.02. The van der Waals surface area contributed by atoms with Crippen LogP contribution in [0, 0.1) is 0 Å². The maximum absolute atomic E-state index is 12.2. The summed E-state index contributed by atoms with van der Waals surface area (Å²) >= 11 is 0. The number of aromatic nitrogens is 1. The molecule has 5 rings (SSSR count). The smallest absolute Gasteiger partial charge is 0.286 e. The van der Waals surface area contributed by atoms with Gasteiger partial charge in [-0.3, -0.25) is 9.69 Å². The van der Waals surface area contributed by atoms with Crippen molar-refractivity contribution in [2.45, 2.75) is 32.5 Å². The number of hydrogen-bond donors (Lipinski definition) is 1. The number of fused-ring (bicyclic) bond motifs is 2. The van der Waals surface area contributed by atoms with E-state index in [1.807, 2.05) is 19.1 Å². The van der Waals surface area contributed by atoms with Crippen LogP contribution < -0.4 is 14.8 Å². The van der Waals surface area contributed by atoms with Gasteiger partial charge >= 0.3 is 0 Å². The van der Waals surface area contributed by atoms with Gasteiger partial charge in [-0.2, -0.15) is 0 Å². The number of ether oxygens (including phenoxy) is 2. The van der Waals surface area contributed by atoms with Crippen molar-refractivity contribution < 1.29 is 18.7 Å². The van der Waals surface area contributed by atoms with Gasteiger partial charge in [0, 0.05) is 31.5 Å². The van der Waals surface area contributed by atoms with E-state index in [0.717, 1.165) is 42.3 Å². The first-order valence-electron chi connectivity index (χ1n) is 10.9. The lowest BCUT2D eigenvalue weighted by molar-refractivity contribution is 0.0919. The van der Waals surface area contributed by atoms with E-state index in [4.69, 9.17) is 13.9 Å². The first-order chi connectivity index (χ1) is 15.2. The minimum Gasteiger partial charge on any atom is -0.486 e. The van der Waals surface area contributed by atoms with Crippen molar-refractivity contribution in [3.05, 3.63) is 71.4 Å². The number of nitrogens with one attached hydrogen (secondary N) is 1. The van der Waals surface area contributed by atoms with Crippen molar-refractivity contribution in [2.24, 2.45) is 0 Å². The highest BCUT2D eigenvalue weighted by atomic mass is 16.6. The minimum absolute atomic E-state index is 0.0574. The van der Waals surface area contributed by atoms with E-state index in [2.05, 4.69) is 45.2 Å². The summed E-state index contributed by atoms with van der Waals surface area (Å²) in [5.74, 6) is 2.56. The Bertz CT molecular complexity index is 1070. The van der Waals surface area contributed by atoms with E-state index in [0.29, 0.717) is 32.1 Å². The second-order valence-electron chi connectivity index (χ2n) is 7.92. The molecule has 0 spiro atoms. The van der Waals surface area contributed by atoms with Crippen LogP contribution in [0.4, 0.5) is 0 Å². The average Bonchev–Trinajstić information content (AvgIpc) is 3.47. The first-order valence-corrected chi connectivity index (χ1v) is 10.9. The third-order valence-corrected chi connectivity index (χ3v) is 5.80. The summed E-state index contributed by atoms with van der Waals surface area (Å²) in [7, 11) is 0. The Morgan fingerprint density at radius 3 is 2.84 bits per heavy atom. The Balaban J connectivity index is 1.42. The van der Waals surface area contributed by atoms with Gasteiger partial charge in [-0.05, 0) is 48.4 Å². The van der Waals surface area contributed by atoms with Crippen LogP contribution >= 0.6 is 0 Å². The molecule has 0 bridgehead atoms. The van der Waals surface area contributed by atoms with Gasteiger partial charge in [-0.25, -0.2) is 0 Å². The van der Waals surface area contributed by atoms with Crippen LogP contribution in [0.2, 0.25) is 0 Å². The SMILES string of the molecule is CCCNC(=O)c1ccc(CN2CCn3cccc3C2c2ccc3c(c2)OCCO3)o1. The Morgan fingerprint density at radius 1 is 1.10 bits per heavy atom. The average molecular weight is 421 g/mol.